The first-order valence-corrected chi connectivity index (χ1v) is 6.64. The molecule has 0 aliphatic carbocycles. The van der Waals surface area contributed by atoms with Gasteiger partial charge in [0.15, 0.2) is 0 Å². The van der Waals surface area contributed by atoms with Crippen molar-refractivity contribution in [2.24, 2.45) is 5.41 Å². The molecule has 0 amide bonds. The molecule has 3 heteroatoms. The molecule has 0 atom stereocenters. The molecule has 2 N–H and O–H groups in total. The average Bonchev–Trinajstić information content (AvgIpc) is 2.26. The zero-order valence-corrected chi connectivity index (χ0v) is 12.5. The molecule has 2 rings (SSSR count). The number of nitrogens with two attached hydrogens (primary N) is 1. The average molecular weight is 257 g/mol. The summed E-state index contributed by atoms with van der Waals surface area (Å²) >= 11 is 0. The van der Waals surface area contributed by atoms with Crippen LogP contribution in [0.5, 0.6) is 0 Å². The molecular formula is C16H23N3. The minimum absolute atomic E-state index is 0.254. The van der Waals surface area contributed by atoms with Crippen LogP contribution in [0, 0.1) is 12.3 Å². The highest BCUT2D eigenvalue weighted by Gasteiger charge is 2.16. The van der Waals surface area contributed by atoms with Crippen molar-refractivity contribution in [1.82, 2.24) is 4.98 Å². The summed E-state index contributed by atoms with van der Waals surface area (Å²) in [7, 11) is 2.13. The van der Waals surface area contributed by atoms with Gasteiger partial charge < -0.3 is 10.6 Å². The smallest absolute Gasteiger partial charge is 0.0446 e. The van der Waals surface area contributed by atoms with Crippen molar-refractivity contribution in [2.75, 3.05) is 24.2 Å². The Morgan fingerprint density at radius 1 is 1.21 bits per heavy atom. The largest absolute Gasteiger partial charge is 0.398 e. The molecule has 1 aromatic carbocycles. The summed E-state index contributed by atoms with van der Waals surface area (Å²) in [5.74, 6) is 0. The molecule has 102 valence electrons. The lowest BCUT2D eigenvalue weighted by molar-refractivity contribution is 0.419. The van der Waals surface area contributed by atoms with Crippen molar-refractivity contribution in [3.63, 3.8) is 0 Å². The van der Waals surface area contributed by atoms with Crippen LogP contribution in [0.25, 0.3) is 10.8 Å². The molecule has 2 aromatic rings. The number of rotatable bonds is 2. The maximum Gasteiger partial charge on any atom is 0.0446 e. The Bertz CT molecular complexity index is 597. The van der Waals surface area contributed by atoms with Gasteiger partial charge in [-0.05, 0) is 30.5 Å². The second kappa shape index (κ2) is 4.72. The van der Waals surface area contributed by atoms with Gasteiger partial charge >= 0.3 is 0 Å². The SMILES string of the molecule is Cc1cc2c(N(C)CC(C)(C)C)ccc(N)c2cn1. The lowest BCUT2D eigenvalue weighted by atomic mass is 9.95. The Morgan fingerprint density at radius 3 is 2.53 bits per heavy atom. The highest BCUT2D eigenvalue weighted by Crippen LogP contribution is 2.31. The fourth-order valence-electron chi connectivity index (χ4n) is 2.48. The third-order valence-electron chi connectivity index (χ3n) is 3.17. The van der Waals surface area contributed by atoms with Crippen molar-refractivity contribution >= 4 is 22.1 Å². The molecule has 19 heavy (non-hydrogen) atoms. The number of nitrogen functional groups attached to an aromatic ring is 1. The van der Waals surface area contributed by atoms with Crippen LogP contribution in [0.4, 0.5) is 11.4 Å². The van der Waals surface area contributed by atoms with E-state index in [1.807, 2.05) is 19.2 Å². The van der Waals surface area contributed by atoms with E-state index in [0.29, 0.717) is 0 Å². The highest BCUT2D eigenvalue weighted by molar-refractivity contribution is 6.01. The first-order chi connectivity index (χ1) is 8.78. The van der Waals surface area contributed by atoms with E-state index in [2.05, 4.69) is 49.8 Å². The molecular weight excluding hydrogens is 234 g/mol. The summed E-state index contributed by atoms with van der Waals surface area (Å²) in [6.07, 6.45) is 1.87. The van der Waals surface area contributed by atoms with E-state index >= 15 is 0 Å². The fraction of sp³-hybridized carbons (Fsp3) is 0.438. The van der Waals surface area contributed by atoms with Crippen LogP contribution in [0.3, 0.4) is 0 Å². The number of benzene rings is 1. The van der Waals surface area contributed by atoms with Crippen LogP contribution in [0.1, 0.15) is 26.5 Å². The van der Waals surface area contributed by atoms with Crippen LogP contribution in [-0.2, 0) is 0 Å². The summed E-state index contributed by atoms with van der Waals surface area (Å²) in [4.78, 5) is 6.64. The van der Waals surface area contributed by atoms with Crippen LogP contribution < -0.4 is 10.6 Å². The Kier molecular flexibility index (Phi) is 3.40. The molecule has 0 saturated heterocycles. The number of pyridine rings is 1. The lowest BCUT2D eigenvalue weighted by Gasteiger charge is -2.29. The summed E-state index contributed by atoms with van der Waals surface area (Å²) in [6, 6.07) is 6.18. The molecule has 0 spiro atoms. The van der Waals surface area contributed by atoms with Crippen molar-refractivity contribution in [2.45, 2.75) is 27.7 Å². The van der Waals surface area contributed by atoms with Gasteiger partial charge in [0.1, 0.15) is 0 Å². The van der Waals surface area contributed by atoms with Crippen molar-refractivity contribution < 1.29 is 0 Å². The molecule has 3 nitrogen and oxygen atoms in total. The number of hydrogen-bond acceptors (Lipinski definition) is 3. The van der Waals surface area contributed by atoms with Gasteiger partial charge in [-0.2, -0.15) is 0 Å². The minimum atomic E-state index is 0.254. The van der Waals surface area contributed by atoms with Crippen LogP contribution in [0.2, 0.25) is 0 Å². The monoisotopic (exact) mass is 257 g/mol. The quantitative estimate of drug-likeness (QED) is 0.836. The molecule has 1 aromatic heterocycles. The van der Waals surface area contributed by atoms with Gasteiger partial charge in [0, 0.05) is 47.6 Å². The summed E-state index contributed by atoms with van der Waals surface area (Å²) in [5.41, 5.74) is 9.32. The van der Waals surface area contributed by atoms with E-state index in [9.17, 15) is 0 Å². The van der Waals surface area contributed by atoms with Crippen LogP contribution >= 0.6 is 0 Å². The van der Waals surface area contributed by atoms with E-state index in [1.54, 1.807) is 0 Å². The molecule has 0 aliphatic rings. The van der Waals surface area contributed by atoms with Gasteiger partial charge in [0.25, 0.3) is 0 Å². The first-order valence-electron chi connectivity index (χ1n) is 6.64. The minimum Gasteiger partial charge on any atom is -0.398 e. The Morgan fingerprint density at radius 2 is 1.89 bits per heavy atom. The van der Waals surface area contributed by atoms with E-state index in [4.69, 9.17) is 5.73 Å². The predicted octanol–water partition coefficient (Wildman–Crippen LogP) is 3.61. The van der Waals surface area contributed by atoms with Gasteiger partial charge in [-0.3, -0.25) is 4.98 Å². The van der Waals surface area contributed by atoms with Crippen LogP contribution in [-0.4, -0.2) is 18.6 Å². The third kappa shape index (κ3) is 2.98. The molecule has 0 fully saturated rings. The maximum absolute atomic E-state index is 6.04. The second-order valence-corrected chi connectivity index (χ2v) is 6.46. The number of nitrogens with zero attached hydrogens (tertiary/aromatic N) is 2. The fourth-order valence-corrected chi connectivity index (χ4v) is 2.48. The normalized spacial score (nSPS) is 11.8. The van der Waals surface area contributed by atoms with Crippen LogP contribution in [0.15, 0.2) is 24.4 Å². The predicted molar refractivity (Wildman–Crippen MR) is 83.6 cm³/mol. The van der Waals surface area contributed by atoms with E-state index in [0.717, 1.165) is 23.3 Å². The first kappa shape index (κ1) is 13.7. The molecule has 0 radical (unpaired) electrons. The zero-order chi connectivity index (χ0) is 14.2. The summed E-state index contributed by atoms with van der Waals surface area (Å²) < 4.78 is 0. The molecule has 1 heterocycles. The Hall–Kier alpha value is -1.77. The Labute approximate surface area is 115 Å². The Balaban J connectivity index is 2.54. The van der Waals surface area contributed by atoms with Gasteiger partial charge in [0.2, 0.25) is 0 Å². The van der Waals surface area contributed by atoms with E-state index in [-0.39, 0.29) is 5.41 Å². The van der Waals surface area contributed by atoms with Gasteiger partial charge in [0.05, 0.1) is 0 Å². The number of hydrogen-bond donors (Lipinski definition) is 1. The number of anilines is 2. The van der Waals surface area contributed by atoms with Gasteiger partial charge in [-0.15, -0.1) is 0 Å². The van der Waals surface area contributed by atoms with Crippen molar-refractivity contribution in [1.29, 1.82) is 0 Å². The standard InChI is InChI=1S/C16H23N3/c1-11-8-12-13(9-18-11)14(17)6-7-15(12)19(5)10-16(2,3)4/h6-9H,10,17H2,1-5H3. The van der Waals surface area contributed by atoms with E-state index < -0.39 is 0 Å². The summed E-state index contributed by atoms with van der Waals surface area (Å²) in [6.45, 7) is 9.74. The van der Waals surface area contributed by atoms with Gasteiger partial charge in [-0.25, -0.2) is 0 Å². The third-order valence-corrected chi connectivity index (χ3v) is 3.17. The lowest BCUT2D eigenvalue weighted by Crippen LogP contribution is -2.29. The highest BCUT2D eigenvalue weighted by atomic mass is 15.1. The molecule has 0 saturated carbocycles. The second-order valence-electron chi connectivity index (χ2n) is 6.46. The maximum atomic E-state index is 6.04. The molecule has 0 aliphatic heterocycles. The molecule has 0 bridgehead atoms. The van der Waals surface area contributed by atoms with Gasteiger partial charge in [-0.1, -0.05) is 20.8 Å². The zero-order valence-electron chi connectivity index (χ0n) is 12.5. The van der Waals surface area contributed by atoms with E-state index in [1.165, 1.54) is 11.1 Å². The number of aryl methyl sites for hydroxylation is 1. The molecule has 0 unspecified atom stereocenters. The number of fused-ring (bicyclic) bond motifs is 1. The van der Waals surface area contributed by atoms with Crippen molar-refractivity contribution in [3.8, 4) is 0 Å². The summed E-state index contributed by atoms with van der Waals surface area (Å²) in [5, 5.41) is 2.21. The topological polar surface area (TPSA) is 42.1 Å². The number of aromatic nitrogens is 1. The van der Waals surface area contributed by atoms with Crippen molar-refractivity contribution in [3.05, 3.63) is 30.1 Å².